The summed E-state index contributed by atoms with van der Waals surface area (Å²) in [6.45, 7) is 0.337. The highest BCUT2D eigenvalue weighted by atomic mass is 35.5. The van der Waals surface area contributed by atoms with Crippen LogP contribution < -0.4 is 5.32 Å². The molecule has 0 atom stereocenters. The lowest BCUT2D eigenvalue weighted by molar-refractivity contribution is 0.0951. The number of hydrogen-bond acceptors (Lipinski definition) is 3. The average molecular weight is 338 g/mol. The quantitative estimate of drug-likeness (QED) is 0.912. The summed E-state index contributed by atoms with van der Waals surface area (Å²) in [5.41, 5.74) is 1.97. The van der Waals surface area contributed by atoms with Gasteiger partial charge in [-0.25, -0.2) is 8.42 Å². The minimum absolute atomic E-state index is 0.0332. The van der Waals surface area contributed by atoms with E-state index in [1.54, 1.807) is 30.3 Å². The Bertz CT molecular complexity index is 770. The lowest BCUT2D eigenvalue weighted by atomic mass is 10.1. The summed E-state index contributed by atoms with van der Waals surface area (Å²) in [6.07, 6.45) is 1.18. The highest BCUT2D eigenvalue weighted by molar-refractivity contribution is 7.89. The van der Waals surface area contributed by atoms with Gasteiger partial charge in [-0.1, -0.05) is 41.9 Å². The molecule has 0 radical (unpaired) electrons. The molecule has 0 fully saturated rings. The summed E-state index contributed by atoms with van der Waals surface area (Å²) >= 11 is 6.03. The van der Waals surface area contributed by atoms with Gasteiger partial charge in [0.05, 0.1) is 5.75 Å². The number of halogens is 1. The van der Waals surface area contributed by atoms with Gasteiger partial charge in [0.1, 0.15) is 0 Å². The number of carbonyl (C=O) groups excluding carboxylic acids is 1. The van der Waals surface area contributed by atoms with Gasteiger partial charge in [-0.2, -0.15) is 0 Å². The van der Waals surface area contributed by atoms with Crippen LogP contribution in [-0.2, 0) is 22.1 Å². The van der Waals surface area contributed by atoms with Crippen molar-refractivity contribution in [3.63, 3.8) is 0 Å². The smallest absolute Gasteiger partial charge is 0.251 e. The lowest BCUT2D eigenvalue weighted by Gasteiger charge is -2.07. The number of rotatable bonds is 5. The van der Waals surface area contributed by atoms with E-state index in [4.69, 9.17) is 11.6 Å². The molecule has 0 unspecified atom stereocenters. The van der Waals surface area contributed by atoms with Gasteiger partial charge >= 0.3 is 0 Å². The molecule has 0 heterocycles. The maximum absolute atomic E-state index is 12.1. The van der Waals surface area contributed by atoms with Crippen molar-refractivity contribution in [3.8, 4) is 0 Å². The molecule has 6 heteroatoms. The summed E-state index contributed by atoms with van der Waals surface area (Å²) in [6, 6.07) is 13.8. The number of carbonyl (C=O) groups is 1. The molecule has 0 saturated heterocycles. The third-order valence-corrected chi connectivity index (χ3v) is 4.27. The van der Waals surface area contributed by atoms with Gasteiger partial charge in [0.15, 0.2) is 9.84 Å². The van der Waals surface area contributed by atoms with Crippen molar-refractivity contribution in [3.05, 3.63) is 70.2 Å². The Hall–Kier alpha value is -1.85. The first-order chi connectivity index (χ1) is 10.3. The Morgan fingerprint density at radius 3 is 2.32 bits per heavy atom. The molecule has 1 amide bonds. The molecule has 0 saturated carbocycles. The van der Waals surface area contributed by atoms with Gasteiger partial charge < -0.3 is 5.32 Å². The summed E-state index contributed by atoms with van der Waals surface area (Å²) in [5, 5.41) is 3.39. The number of amides is 1. The Balaban J connectivity index is 2.00. The number of hydrogen-bond donors (Lipinski definition) is 1. The molecule has 2 rings (SSSR count). The fourth-order valence-electron chi connectivity index (χ4n) is 1.97. The van der Waals surface area contributed by atoms with Crippen LogP contribution in [0.25, 0.3) is 0 Å². The molecule has 0 spiro atoms. The van der Waals surface area contributed by atoms with E-state index < -0.39 is 9.84 Å². The molecular formula is C16H16ClNO3S. The van der Waals surface area contributed by atoms with Gasteiger partial charge in [0, 0.05) is 23.4 Å². The summed E-state index contributed by atoms with van der Waals surface area (Å²) < 4.78 is 22.4. The minimum atomic E-state index is -3.08. The Morgan fingerprint density at radius 2 is 1.73 bits per heavy atom. The summed E-state index contributed by atoms with van der Waals surface area (Å²) in [4.78, 5) is 12.1. The van der Waals surface area contributed by atoms with Crippen molar-refractivity contribution in [1.82, 2.24) is 5.32 Å². The van der Waals surface area contributed by atoms with Gasteiger partial charge in [-0.05, 0) is 29.3 Å². The monoisotopic (exact) mass is 337 g/mol. The van der Waals surface area contributed by atoms with E-state index >= 15 is 0 Å². The molecule has 2 aromatic rings. The molecule has 2 aromatic carbocycles. The first-order valence-corrected chi connectivity index (χ1v) is 9.07. The first-order valence-electron chi connectivity index (χ1n) is 6.63. The van der Waals surface area contributed by atoms with E-state index in [-0.39, 0.29) is 11.7 Å². The van der Waals surface area contributed by atoms with Crippen molar-refractivity contribution in [2.45, 2.75) is 12.3 Å². The van der Waals surface area contributed by atoms with Crippen molar-refractivity contribution in [2.75, 3.05) is 6.26 Å². The van der Waals surface area contributed by atoms with E-state index in [9.17, 15) is 13.2 Å². The summed E-state index contributed by atoms with van der Waals surface area (Å²) in [5.74, 6) is -0.264. The van der Waals surface area contributed by atoms with Gasteiger partial charge in [-0.3, -0.25) is 4.79 Å². The highest BCUT2D eigenvalue weighted by Crippen LogP contribution is 2.14. The maximum atomic E-state index is 12.1. The van der Waals surface area contributed by atoms with E-state index in [1.165, 1.54) is 6.26 Å². The predicted octanol–water partition coefficient (Wildman–Crippen LogP) is 2.81. The lowest BCUT2D eigenvalue weighted by Crippen LogP contribution is -2.22. The van der Waals surface area contributed by atoms with Gasteiger partial charge in [0.2, 0.25) is 0 Å². The second kappa shape index (κ2) is 6.94. The Kier molecular flexibility index (Phi) is 5.21. The Labute approximate surface area is 135 Å². The van der Waals surface area contributed by atoms with E-state index in [0.717, 1.165) is 5.56 Å². The van der Waals surface area contributed by atoms with Crippen LogP contribution in [-0.4, -0.2) is 20.6 Å². The fourth-order valence-corrected chi connectivity index (χ4v) is 2.97. The van der Waals surface area contributed by atoms with Crippen LogP contribution in [0.5, 0.6) is 0 Å². The van der Waals surface area contributed by atoms with Crippen LogP contribution in [0.1, 0.15) is 21.5 Å². The van der Waals surface area contributed by atoms with Crippen molar-refractivity contribution in [1.29, 1.82) is 0 Å². The normalized spacial score (nSPS) is 11.2. The zero-order valence-corrected chi connectivity index (χ0v) is 13.6. The average Bonchev–Trinajstić information content (AvgIpc) is 2.45. The minimum Gasteiger partial charge on any atom is -0.348 e. The zero-order chi connectivity index (χ0) is 16.2. The predicted molar refractivity (Wildman–Crippen MR) is 87.6 cm³/mol. The van der Waals surface area contributed by atoms with Gasteiger partial charge in [0.25, 0.3) is 5.91 Å². The molecule has 4 nitrogen and oxygen atoms in total. The number of benzene rings is 2. The number of sulfone groups is 1. The summed E-state index contributed by atoms with van der Waals surface area (Å²) in [7, 11) is -3.08. The van der Waals surface area contributed by atoms with E-state index in [0.29, 0.717) is 22.7 Å². The van der Waals surface area contributed by atoms with Crippen LogP contribution >= 0.6 is 11.6 Å². The van der Waals surface area contributed by atoms with E-state index in [2.05, 4.69) is 5.32 Å². The SMILES string of the molecule is CS(=O)(=O)Cc1ccc(C(=O)NCc2ccccc2Cl)cc1. The molecule has 0 aromatic heterocycles. The molecule has 116 valence electrons. The van der Waals surface area contributed by atoms with Gasteiger partial charge in [-0.15, -0.1) is 0 Å². The topological polar surface area (TPSA) is 63.2 Å². The third kappa shape index (κ3) is 4.86. The van der Waals surface area contributed by atoms with E-state index in [1.807, 2.05) is 18.2 Å². The van der Waals surface area contributed by atoms with Crippen LogP contribution in [0.15, 0.2) is 48.5 Å². The van der Waals surface area contributed by atoms with Crippen LogP contribution in [0.2, 0.25) is 5.02 Å². The molecule has 1 N–H and O–H groups in total. The molecule has 0 bridgehead atoms. The molecular weight excluding hydrogens is 322 g/mol. The zero-order valence-electron chi connectivity index (χ0n) is 12.0. The maximum Gasteiger partial charge on any atom is 0.251 e. The van der Waals surface area contributed by atoms with Crippen LogP contribution in [0, 0.1) is 0 Å². The highest BCUT2D eigenvalue weighted by Gasteiger charge is 2.08. The van der Waals surface area contributed by atoms with Crippen molar-refractivity contribution < 1.29 is 13.2 Å². The van der Waals surface area contributed by atoms with Crippen LogP contribution in [0.3, 0.4) is 0 Å². The largest absolute Gasteiger partial charge is 0.348 e. The Morgan fingerprint density at radius 1 is 1.09 bits per heavy atom. The molecule has 0 aliphatic rings. The van der Waals surface area contributed by atoms with Crippen molar-refractivity contribution in [2.24, 2.45) is 0 Å². The third-order valence-electron chi connectivity index (χ3n) is 3.04. The standard InChI is InChI=1S/C16H16ClNO3S/c1-22(20,21)11-12-6-8-13(9-7-12)16(19)18-10-14-4-2-3-5-15(14)17/h2-9H,10-11H2,1H3,(H,18,19). The molecule has 22 heavy (non-hydrogen) atoms. The second-order valence-corrected chi connectivity index (χ2v) is 7.59. The fraction of sp³-hybridized carbons (Fsp3) is 0.188. The number of nitrogens with one attached hydrogen (secondary N) is 1. The second-order valence-electron chi connectivity index (χ2n) is 5.04. The van der Waals surface area contributed by atoms with Crippen molar-refractivity contribution >= 4 is 27.3 Å². The molecule has 0 aliphatic carbocycles. The first kappa shape index (κ1) is 16.5. The molecule has 0 aliphatic heterocycles. The van der Waals surface area contributed by atoms with Crippen LogP contribution in [0.4, 0.5) is 0 Å².